The van der Waals surface area contributed by atoms with Crippen molar-refractivity contribution in [3.8, 4) is 0 Å². The molecule has 8 heteroatoms. The molecule has 0 aromatic carbocycles. The molecule has 1 aromatic heterocycles. The van der Waals surface area contributed by atoms with E-state index in [1.165, 1.54) is 0 Å². The van der Waals surface area contributed by atoms with Crippen LogP contribution < -0.4 is 5.32 Å². The van der Waals surface area contributed by atoms with Crippen LogP contribution in [0, 0.1) is 0 Å². The molecule has 0 aliphatic carbocycles. The fourth-order valence-corrected chi connectivity index (χ4v) is 2.92. The number of hydrogen-bond donors (Lipinski definition) is 1. The van der Waals surface area contributed by atoms with E-state index in [-0.39, 0.29) is 12.0 Å². The Labute approximate surface area is 155 Å². The van der Waals surface area contributed by atoms with Crippen LogP contribution in [-0.4, -0.2) is 70.9 Å². The van der Waals surface area contributed by atoms with Crippen LogP contribution in [0.25, 0.3) is 0 Å². The summed E-state index contributed by atoms with van der Waals surface area (Å²) >= 11 is 0. The van der Waals surface area contributed by atoms with Crippen molar-refractivity contribution < 1.29 is 14.3 Å². The average molecular weight is 365 g/mol. The van der Waals surface area contributed by atoms with Crippen LogP contribution in [0.2, 0.25) is 0 Å². The first kappa shape index (κ1) is 20.2. The zero-order chi connectivity index (χ0) is 19.5. The van der Waals surface area contributed by atoms with Crippen molar-refractivity contribution in [3.63, 3.8) is 0 Å². The molecule has 0 fully saturated rings. The van der Waals surface area contributed by atoms with E-state index in [4.69, 9.17) is 4.74 Å². The zero-order valence-corrected chi connectivity index (χ0v) is 16.8. The predicted octanol–water partition coefficient (Wildman–Crippen LogP) is 1.39. The molecule has 2 rings (SSSR count). The van der Waals surface area contributed by atoms with Gasteiger partial charge in [0.05, 0.1) is 12.2 Å². The van der Waals surface area contributed by atoms with Gasteiger partial charge in [0.1, 0.15) is 5.60 Å². The van der Waals surface area contributed by atoms with E-state index in [0.29, 0.717) is 31.7 Å². The molecule has 0 atom stereocenters. The van der Waals surface area contributed by atoms with Crippen LogP contribution >= 0.6 is 0 Å². The number of hydrogen-bond acceptors (Lipinski definition) is 5. The van der Waals surface area contributed by atoms with Gasteiger partial charge in [-0.2, -0.15) is 5.10 Å². The molecule has 0 unspecified atom stereocenters. The summed E-state index contributed by atoms with van der Waals surface area (Å²) in [5.41, 5.74) is 1.76. The first-order valence-electron chi connectivity index (χ1n) is 9.04. The van der Waals surface area contributed by atoms with E-state index in [0.717, 1.165) is 24.2 Å². The third-order valence-electron chi connectivity index (χ3n) is 4.18. The van der Waals surface area contributed by atoms with Crippen molar-refractivity contribution >= 4 is 12.0 Å². The second kappa shape index (κ2) is 8.07. The minimum Gasteiger partial charge on any atom is -0.444 e. The summed E-state index contributed by atoms with van der Waals surface area (Å²) in [5, 5.41) is 7.33. The first-order chi connectivity index (χ1) is 12.1. The molecule has 0 saturated carbocycles. The third kappa shape index (κ3) is 5.20. The lowest BCUT2D eigenvalue weighted by Gasteiger charge is -2.30. The number of nitrogens with zero attached hydrogens (tertiary/aromatic N) is 4. The maximum atomic E-state index is 12.5. The molecule has 8 nitrogen and oxygen atoms in total. The molecular weight excluding hydrogens is 334 g/mol. The van der Waals surface area contributed by atoms with Crippen LogP contribution in [0.4, 0.5) is 4.79 Å². The molecule has 0 spiro atoms. The Morgan fingerprint density at radius 3 is 2.62 bits per heavy atom. The van der Waals surface area contributed by atoms with Gasteiger partial charge in [0.2, 0.25) is 0 Å². The lowest BCUT2D eigenvalue weighted by molar-refractivity contribution is 0.0219. The molecule has 1 N–H and O–H groups in total. The molecule has 0 radical (unpaired) electrons. The standard InChI is InChI=1S/C18H31N5O3/c1-18(2,3)26-17(25)23-11-8-13-14(12-23)22(6)20-15(13)16(24)19-9-7-10-21(4)5/h7-12H2,1-6H3,(H,19,24). The lowest BCUT2D eigenvalue weighted by Crippen LogP contribution is -2.40. The summed E-state index contributed by atoms with van der Waals surface area (Å²) < 4.78 is 7.14. The summed E-state index contributed by atoms with van der Waals surface area (Å²) in [7, 11) is 5.82. The summed E-state index contributed by atoms with van der Waals surface area (Å²) in [4.78, 5) is 28.5. The van der Waals surface area contributed by atoms with Gasteiger partial charge in [0.15, 0.2) is 5.69 Å². The van der Waals surface area contributed by atoms with Gasteiger partial charge in [0.25, 0.3) is 5.91 Å². The number of carbonyl (C=O) groups excluding carboxylic acids is 2. The van der Waals surface area contributed by atoms with Gasteiger partial charge in [-0.3, -0.25) is 9.48 Å². The normalized spacial score (nSPS) is 14.3. The highest BCUT2D eigenvalue weighted by Gasteiger charge is 2.31. The quantitative estimate of drug-likeness (QED) is 0.798. The average Bonchev–Trinajstić information content (AvgIpc) is 2.86. The van der Waals surface area contributed by atoms with E-state index >= 15 is 0 Å². The van der Waals surface area contributed by atoms with Gasteiger partial charge in [-0.25, -0.2) is 4.79 Å². The third-order valence-corrected chi connectivity index (χ3v) is 4.18. The Balaban J connectivity index is 2.02. The molecule has 0 saturated heterocycles. The Bertz CT molecular complexity index is 661. The zero-order valence-electron chi connectivity index (χ0n) is 16.8. The van der Waals surface area contributed by atoms with Crippen LogP contribution in [0.15, 0.2) is 0 Å². The molecule has 1 aliphatic heterocycles. The number of aromatic nitrogens is 2. The number of ether oxygens (including phenoxy) is 1. The van der Waals surface area contributed by atoms with Crippen molar-refractivity contribution in [1.82, 2.24) is 24.9 Å². The van der Waals surface area contributed by atoms with Crippen molar-refractivity contribution in [3.05, 3.63) is 17.0 Å². The maximum absolute atomic E-state index is 12.5. The van der Waals surface area contributed by atoms with Gasteiger partial charge in [-0.05, 0) is 54.3 Å². The summed E-state index contributed by atoms with van der Waals surface area (Å²) in [6, 6.07) is 0. The predicted molar refractivity (Wildman–Crippen MR) is 99.1 cm³/mol. The Morgan fingerprint density at radius 1 is 1.31 bits per heavy atom. The number of rotatable bonds is 5. The number of nitrogens with one attached hydrogen (secondary N) is 1. The fraction of sp³-hybridized carbons (Fsp3) is 0.722. The van der Waals surface area contributed by atoms with E-state index in [1.54, 1.807) is 16.6 Å². The second-order valence-electron chi connectivity index (χ2n) is 7.96. The van der Waals surface area contributed by atoms with Crippen LogP contribution in [0.3, 0.4) is 0 Å². The molecule has 2 amide bonds. The van der Waals surface area contributed by atoms with Gasteiger partial charge >= 0.3 is 6.09 Å². The topological polar surface area (TPSA) is 79.7 Å². The van der Waals surface area contributed by atoms with Crippen LogP contribution in [0.5, 0.6) is 0 Å². The highest BCUT2D eigenvalue weighted by atomic mass is 16.6. The smallest absolute Gasteiger partial charge is 0.410 e. The second-order valence-corrected chi connectivity index (χ2v) is 7.96. The monoisotopic (exact) mass is 365 g/mol. The van der Waals surface area contributed by atoms with Gasteiger partial charge in [-0.1, -0.05) is 0 Å². The minimum absolute atomic E-state index is 0.147. The number of amides is 2. The number of carbonyl (C=O) groups is 2. The fourth-order valence-electron chi connectivity index (χ4n) is 2.92. The van der Waals surface area contributed by atoms with Gasteiger partial charge < -0.3 is 19.9 Å². The Hall–Kier alpha value is -2.09. The van der Waals surface area contributed by atoms with Crippen molar-refractivity contribution in [2.24, 2.45) is 7.05 Å². The maximum Gasteiger partial charge on any atom is 0.410 e. The summed E-state index contributed by atoms with van der Waals surface area (Å²) in [5.74, 6) is -0.147. The number of aryl methyl sites for hydroxylation is 1. The Kier molecular flexibility index (Phi) is 6.28. The molecule has 2 heterocycles. The highest BCUT2D eigenvalue weighted by Crippen LogP contribution is 2.23. The van der Waals surface area contributed by atoms with Crippen molar-refractivity contribution in [2.45, 2.75) is 45.8 Å². The molecular formula is C18H31N5O3. The van der Waals surface area contributed by atoms with Gasteiger partial charge in [0, 0.05) is 25.7 Å². The van der Waals surface area contributed by atoms with Crippen LogP contribution in [0.1, 0.15) is 48.9 Å². The lowest BCUT2D eigenvalue weighted by atomic mass is 10.0. The van der Waals surface area contributed by atoms with Crippen molar-refractivity contribution in [2.75, 3.05) is 33.7 Å². The molecule has 146 valence electrons. The van der Waals surface area contributed by atoms with Gasteiger partial charge in [-0.15, -0.1) is 0 Å². The largest absolute Gasteiger partial charge is 0.444 e. The molecule has 0 bridgehead atoms. The Morgan fingerprint density at radius 2 is 2.00 bits per heavy atom. The molecule has 1 aliphatic rings. The molecule has 1 aromatic rings. The summed E-state index contributed by atoms with van der Waals surface area (Å²) in [6.45, 7) is 8.02. The van der Waals surface area contributed by atoms with Crippen LogP contribution in [-0.2, 0) is 24.8 Å². The number of fused-ring (bicyclic) bond motifs is 1. The first-order valence-corrected chi connectivity index (χ1v) is 9.04. The SMILES string of the molecule is CN(C)CCCNC(=O)c1nn(C)c2c1CCN(C(=O)OC(C)(C)C)C2. The summed E-state index contributed by atoms with van der Waals surface area (Å²) in [6.07, 6.45) is 1.15. The highest BCUT2D eigenvalue weighted by molar-refractivity contribution is 5.94. The molecule has 26 heavy (non-hydrogen) atoms. The van der Waals surface area contributed by atoms with Crippen molar-refractivity contribution in [1.29, 1.82) is 0 Å². The van der Waals surface area contributed by atoms with E-state index < -0.39 is 5.60 Å². The van der Waals surface area contributed by atoms with E-state index in [2.05, 4.69) is 15.3 Å². The van der Waals surface area contributed by atoms with E-state index in [9.17, 15) is 9.59 Å². The van der Waals surface area contributed by atoms with E-state index in [1.807, 2.05) is 34.9 Å². The minimum atomic E-state index is -0.526.